The van der Waals surface area contributed by atoms with Gasteiger partial charge in [-0.1, -0.05) is 190 Å². The number of anilines is 3. The van der Waals surface area contributed by atoms with Crippen LogP contribution >= 0.6 is 0 Å². The Hall–Kier alpha value is -7.94. The minimum absolute atomic E-state index is 0.0851. The van der Waals surface area contributed by atoms with Gasteiger partial charge in [-0.3, -0.25) is 0 Å². The summed E-state index contributed by atoms with van der Waals surface area (Å²) in [6, 6.07) is 81.8. The minimum atomic E-state index is -0.0851. The van der Waals surface area contributed by atoms with Gasteiger partial charge in [0.05, 0.1) is 11.4 Å². The molecule has 0 saturated carbocycles. The van der Waals surface area contributed by atoms with Crippen molar-refractivity contribution in [1.82, 2.24) is 0 Å². The van der Waals surface area contributed by atoms with Crippen LogP contribution in [0.1, 0.15) is 25.0 Å². The fourth-order valence-corrected chi connectivity index (χ4v) is 10.3. The highest BCUT2D eigenvalue weighted by molar-refractivity contribution is 6.10. The predicted octanol–water partition coefficient (Wildman–Crippen LogP) is 17.2. The van der Waals surface area contributed by atoms with Crippen LogP contribution in [-0.2, 0) is 5.41 Å². The molecule has 0 spiro atoms. The molecule has 0 fully saturated rings. The van der Waals surface area contributed by atoms with Gasteiger partial charge in [-0.25, -0.2) is 0 Å². The summed E-state index contributed by atoms with van der Waals surface area (Å²) in [5, 5.41) is 4.57. The molecule has 0 radical (unpaired) electrons. The third kappa shape index (κ3) is 6.02. The van der Waals surface area contributed by atoms with Crippen molar-refractivity contribution in [2.24, 2.45) is 0 Å². The molecule has 63 heavy (non-hydrogen) atoms. The summed E-state index contributed by atoms with van der Waals surface area (Å²) in [7, 11) is 0. The Morgan fingerprint density at radius 1 is 0.333 bits per heavy atom. The van der Waals surface area contributed by atoms with Gasteiger partial charge < -0.3 is 9.32 Å². The number of hydrogen-bond acceptors (Lipinski definition) is 2. The molecular weight excluding hydrogens is 763 g/mol. The molecule has 298 valence electrons. The molecule has 0 unspecified atom stereocenters. The van der Waals surface area contributed by atoms with E-state index in [9.17, 15) is 0 Å². The smallest absolute Gasteiger partial charge is 0.137 e. The van der Waals surface area contributed by atoms with Gasteiger partial charge in [0.25, 0.3) is 0 Å². The lowest BCUT2D eigenvalue weighted by Gasteiger charge is -2.31. The Labute approximate surface area is 368 Å². The zero-order valence-corrected chi connectivity index (χ0v) is 35.2. The van der Waals surface area contributed by atoms with Gasteiger partial charge in [0.1, 0.15) is 11.2 Å². The van der Waals surface area contributed by atoms with E-state index in [0.29, 0.717) is 0 Å². The quantitative estimate of drug-likeness (QED) is 0.160. The normalized spacial score (nSPS) is 12.7. The molecule has 1 aliphatic rings. The first-order chi connectivity index (χ1) is 31.0. The lowest BCUT2D eigenvalue weighted by molar-refractivity contribution is 0.660. The summed E-state index contributed by atoms with van der Waals surface area (Å²) in [6.45, 7) is 4.70. The van der Waals surface area contributed by atoms with Gasteiger partial charge in [0.2, 0.25) is 0 Å². The van der Waals surface area contributed by atoms with Crippen molar-refractivity contribution >= 4 is 49.8 Å². The highest BCUT2D eigenvalue weighted by Gasteiger charge is 2.35. The highest BCUT2D eigenvalue weighted by Crippen LogP contribution is 2.53. The summed E-state index contributed by atoms with van der Waals surface area (Å²) in [6.07, 6.45) is 0. The number of para-hydroxylation sites is 1. The summed E-state index contributed by atoms with van der Waals surface area (Å²) in [5.74, 6) is 0. The predicted molar refractivity (Wildman–Crippen MR) is 265 cm³/mol. The van der Waals surface area contributed by atoms with Crippen LogP contribution in [0.4, 0.5) is 17.1 Å². The fraction of sp³-hybridized carbons (Fsp3) is 0.0492. The number of benzene rings is 10. The van der Waals surface area contributed by atoms with Gasteiger partial charge in [-0.05, 0) is 109 Å². The second-order valence-electron chi connectivity index (χ2n) is 17.2. The maximum Gasteiger partial charge on any atom is 0.137 e. The molecule has 0 bridgehead atoms. The Morgan fingerprint density at radius 2 is 0.968 bits per heavy atom. The van der Waals surface area contributed by atoms with Crippen LogP contribution in [0, 0.1) is 0 Å². The zero-order chi connectivity index (χ0) is 42.1. The van der Waals surface area contributed by atoms with E-state index >= 15 is 0 Å². The van der Waals surface area contributed by atoms with Gasteiger partial charge in [-0.2, -0.15) is 0 Å². The Morgan fingerprint density at radius 3 is 1.81 bits per heavy atom. The van der Waals surface area contributed by atoms with Crippen LogP contribution in [0.3, 0.4) is 0 Å². The third-order valence-electron chi connectivity index (χ3n) is 13.3. The van der Waals surface area contributed by atoms with Crippen LogP contribution in [-0.4, -0.2) is 0 Å². The van der Waals surface area contributed by atoms with Gasteiger partial charge >= 0.3 is 0 Å². The lowest BCUT2D eigenvalue weighted by Crippen LogP contribution is -2.14. The summed E-state index contributed by atoms with van der Waals surface area (Å²) in [5.41, 5.74) is 19.6. The van der Waals surface area contributed by atoms with Crippen molar-refractivity contribution in [3.8, 4) is 55.6 Å². The van der Waals surface area contributed by atoms with Crippen LogP contribution in [0.25, 0.3) is 88.3 Å². The topological polar surface area (TPSA) is 16.4 Å². The third-order valence-corrected chi connectivity index (χ3v) is 13.3. The second-order valence-corrected chi connectivity index (χ2v) is 17.2. The van der Waals surface area contributed by atoms with Crippen LogP contribution < -0.4 is 4.90 Å². The number of fused-ring (bicyclic) bond motifs is 7. The van der Waals surface area contributed by atoms with Gasteiger partial charge in [-0.15, -0.1) is 0 Å². The monoisotopic (exact) mass is 805 g/mol. The Balaban J connectivity index is 1.16. The van der Waals surface area contributed by atoms with E-state index in [-0.39, 0.29) is 5.41 Å². The molecule has 2 nitrogen and oxygen atoms in total. The molecule has 0 amide bonds. The molecule has 0 atom stereocenters. The van der Waals surface area contributed by atoms with Gasteiger partial charge in [0, 0.05) is 38.9 Å². The fourth-order valence-electron chi connectivity index (χ4n) is 10.3. The molecule has 0 N–H and O–H groups in total. The zero-order valence-electron chi connectivity index (χ0n) is 35.2. The molecule has 1 aliphatic carbocycles. The van der Waals surface area contributed by atoms with Crippen LogP contribution in [0.2, 0.25) is 0 Å². The first-order valence-electron chi connectivity index (χ1n) is 21.8. The summed E-state index contributed by atoms with van der Waals surface area (Å²) < 4.78 is 6.61. The molecular formula is C61H43NO. The van der Waals surface area contributed by atoms with E-state index in [1.165, 1.54) is 61.0 Å². The second kappa shape index (κ2) is 14.6. The molecule has 2 heteroatoms. The van der Waals surface area contributed by atoms with E-state index in [0.717, 1.165) is 55.5 Å². The first-order valence-corrected chi connectivity index (χ1v) is 21.8. The van der Waals surface area contributed by atoms with Crippen LogP contribution in [0.15, 0.2) is 229 Å². The van der Waals surface area contributed by atoms with E-state index in [1.807, 2.05) is 6.07 Å². The SMILES string of the molecule is CC1(C)c2ccccc2-c2cc(-c3cccc(N(c4ccc5c(c4)oc4ccccc45)c4ccc(-c5ccccc5)c5ccccc45)c3-c3cccc(-c4ccccc4)c3)ccc21. The lowest BCUT2D eigenvalue weighted by atomic mass is 9.82. The molecule has 11 aromatic rings. The number of rotatable bonds is 7. The van der Waals surface area contributed by atoms with Crippen molar-refractivity contribution in [2.75, 3.05) is 4.90 Å². The standard InChI is InChI=1S/C61H43NO/c1-61(2)54-28-13-11-24-49(54)53-38-43(31-35-55(53)61)47-27-16-29-57(60(47)44-22-15-21-42(37-44)40-17-5-3-6-18-40)62(45-32-33-52-51-26-12-14-30-58(51)63-59(52)39-45)56-36-34-46(41-19-7-4-8-20-41)48-23-9-10-25-50(48)56/h3-39H,1-2H3. The highest BCUT2D eigenvalue weighted by atomic mass is 16.3. The maximum atomic E-state index is 6.61. The molecule has 1 aromatic heterocycles. The average molecular weight is 806 g/mol. The van der Waals surface area contributed by atoms with E-state index in [2.05, 4.69) is 237 Å². The van der Waals surface area contributed by atoms with Crippen molar-refractivity contribution in [3.63, 3.8) is 0 Å². The number of furan rings is 1. The first kappa shape index (κ1) is 36.9. The summed E-state index contributed by atoms with van der Waals surface area (Å²) in [4.78, 5) is 2.46. The van der Waals surface area contributed by atoms with Crippen molar-refractivity contribution in [3.05, 3.63) is 236 Å². The van der Waals surface area contributed by atoms with Gasteiger partial charge in [0.15, 0.2) is 0 Å². The van der Waals surface area contributed by atoms with E-state index in [4.69, 9.17) is 4.42 Å². The Kier molecular flexibility index (Phi) is 8.55. The molecule has 0 aliphatic heterocycles. The van der Waals surface area contributed by atoms with Crippen LogP contribution in [0.5, 0.6) is 0 Å². The maximum absolute atomic E-state index is 6.61. The van der Waals surface area contributed by atoms with Crippen molar-refractivity contribution in [2.45, 2.75) is 19.3 Å². The molecule has 1 heterocycles. The molecule has 12 rings (SSSR count). The van der Waals surface area contributed by atoms with E-state index < -0.39 is 0 Å². The molecule has 0 saturated heterocycles. The largest absolute Gasteiger partial charge is 0.456 e. The van der Waals surface area contributed by atoms with Crippen molar-refractivity contribution < 1.29 is 4.42 Å². The van der Waals surface area contributed by atoms with E-state index in [1.54, 1.807) is 0 Å². The Bertz CT molecular complexity index is 3540. The van der Waals surface area contributed by atoms with Crippen molar-refractivity contribution in [1.29, 1.82) is 0 Å². The molecule has 10 aromatic carbocycles. The minimum Gasteiger partial charge on any atom is -0.456 e. The summed E-state index contributed by atoms with van der Waals surface area (Å²) >= 11 is 0. The average Bonchev–Trinajstić information content (AvgIpc) is 3.83. The number of nitrogens with zero attached hydrogens (tertiary/aromatic N) is 1. The number of hydrogen-bond donors (Lipinski definition) is 0.